The third kappa shape index (κ3) is 4.95. The zero-order chi connectivity index (χ0) is 17.7. The first kappa shape index (κ1) is 18.7. The molecule has 1 aromatic rings. The largest absolute Gasteiger partial charge is 0.466 e. The normalized spacial score (nSPS) is 20.5. The van der Waals surface area contributed by atoms with Gasteiger partial charge in [-0.3, -0.25) is 9.59 Å². The van der Waals surface area contributed by atoms with Crippen LogP contribution in [0, 0.1) is 19.8 Å². The number of benzene rings is 1. The summed E-state index contributed by atoms with van der Waals surface area (Å²) < 4.78 is 5.10. The van der Waals surface area contributed by atoms with E-state index < -0.39 is 0 Å². The van der Waals surface area contributed by atoms with Gasteiger partial charge in [0.25, 0.3) is 5.91 Å². The molecule has 1 heterocycles. The third-order valence-electron chi connectivity index (χ3n) is 4.34. The lowest BCUT2D eigenvalue weighted by atomic mass is 9.98. The summed E-state index contributed by atoms with van der Waals surface area (Å²) in [6.45, 7) is 7.98. The van der Waals surface area contributed by atoms with Gasteiger partial charge in [0, 0.05) is 0 Å². The molecule has 1 saturated heterocycles. The minimum Gasteiger partial charge on any atom is -0.466 e. The van der Waals surface area contributed by atoms with Crippen molar-refractivity contribution in [3.05, 3.63) is 28.3 Å². The van der Waals surface area contributed by atoms with Crippen LogP contribution in [0.2, 0.25) is 5.02 Å². The number of hydrogen-bond donors (Lipinski definition) is 2. The first-order valence-corrected chi connectivity index (χ1v) is 8.85. The van der Waals surface area contributed by atoms with E-state index in [-0.39, 0.29) is 17.8 Å². The number of amides is 1. The van der Waals surface area contributed by atoms with E-state index in [1.54, 1.807) is 0 Å². The number of carbonyl (C=O) groups excluding carboxylic acids is 2. The molecule has 0 radical (unpaired) electrons. The molecule has 0 aromatic heterocycles. The quantitative estimate of drug-likeness (QED) is 0.793. The van der Waals surface area contributed by atoms with Crippen LogP contribution in [-0.4, -0.2) is 38.1 Å². The van der Waals surface area contributed by atoms with Crippen LogP contribution in [-0.2, 0) is 14.3 Å². The monoisotopic (exact) mass is 353 g/mol. The summed E-state index contributed by atoms with van der Waals surface area (Å²) in [6, 6.07) is 3.83. The Morgan fingerprint density at radius 1 is 1.38 bits per heavy atom. The molecule has 0 aliphatic carbocycles. The average molecular weight is 354 g/mol. The maximum absolute atomic E-state index is 12.4. The minimum atomic E-state index is -0.146. The Morgan fingerprint density at radius 3 is 2.79 bits per heavy atom. The molecule has 1 aromatic carbocycles. The van der Waals surface area contributed by atoms with Crippen LogP contribution in [0.5, 0.6) is 0 Å². The van der Waals surface area contributed by atoms with Crippen LogP contribution in [0.25, 0.3) is 0 Å². The van der Waals surface area contributed by atoms with Gasteiger partial charge in [-0.05, 0) is 50.8 Å². The third-order valence-corrected chi connectivity index (χ3v) is 4.64. The highest BCUT2D eigenvalue weighted by Crippen LogP contribution is 2.27. The van der Waals surface area contributed by atoms with Gasteiger partial charge in [-0.15, -0.1) is 0 Å². The van der Waals surface area contributed by atoms with E-state index in [4.69, 9.17) is 16.3 Å². The van der Waals surface area contributed by atoms with Crippen LogP contribution in [0.4, 0.5) is 5.69 Å². The Kier molecular flexibility index (Phi) is 6.63. The summed E-state index contributed by atoms with van der Waals surface area (Å²) in [6.07, 6.45) is 1.77. The van der Waals surface area contributed by atoms with Gasteiger partial charge >= 0.3 is 5.97 Å². The van der Waals surface area contributed by atoms with E-state index in [1.807, 2.05) is 32.9 Å². The van der Waals surface area contributed by atoms with Gasteiger partial charge < -0.3 is 15.0 Å². The Balaban J connectivity index is 1.94. The second kappa shape index (κ2) is 8.49. The molecular formula is C18H26ClN2O3+. The molecular weight excluding hydrogens is 328 g/mol. The van der Waals surface area contributed by atoms with Crippen LogP contribution in [0.15, 0.2) is 12.1 Å². The molecule has 1 amide bonds. The maximum atomic E-state index is 12.4. The van der Waals surface area contributed by atoms with Crippen molar-refractivity contribution < 1.29 is 19.2 Å². The summed E-state index contributed by atoms with van der Waals surface area (Å²) in [5.41, 5.74) is 2.69. The number of carbonyl (C=O) groups is 2. The Bertz CT molecular complexity index is 595. The molecule has 24 heavy (non-hydrogen) atoms. The molecule has 132 valence electrons. The smallest absolute Gasteiger partial charge is 0.314 e. The molecule has 0 saturated carbocycles. The predicted octanol–water partition coefficient (Wildman–Crippen LogP) is 1.75. The summed E-state index contributed by atoms with van der Waals surface area (Å²) in [7, 11) is 0. The number of ether oxygens (including phenoxy) is 1. The van der Waals surface area contributed by atoms with Gasteiger partial charge in [0.1, 0.15) is 5.92 Å². The number of likely N-dealkylation sites (tertiary alicyclic amines) is 1. The minimum absolute atomic E-state index is 0.0802. The average Bonchev–Trinajstić information content (AvgIpc) is 2.51. The maximum Gasteiger partial charge on any atom is 0.314 e. The predicted molar refractivity (Wildman–Crippen MR) is 94.5 cm³/mol. The fraction of sp³-hybridized carbons (Fsp3) is 0.556. The molecule has 6 heteroatoms. The number of halogens is 1. The molecule has 2 atom stereocenters. The molecule has 0 spiro atoms. The lowest BCUT2D eigenvalue weighted by Crippen LogP contribution is -3.14. The SMILES string of the molecule is CCOC(=O)[C@@H]1CCC[NH+](CC(=O)Nc2c(C)cc(C)cc2Cl)C1. The zero-order valence-electron chi connectivity index (χ0n) is 14.6. The fourth-order valence-electron chi connectivity index (χ4n) is 3.26. The zero-order valence-corrected chi connectivity index (χ0v) is 15.3. The Hall–Kier alpha value is -1.59. The second-order valence-electron chi connectivity index (χ2n) is 6.46. The van der Waals surface area contributed by atoms with Gasteiger partial charge in [-0.1, -0.05) is 17.7 Å². The van der Waals surface area contributed by atoms with Crippen LogP contribution >= 0.6 is 11.6 Å². The first-order valence-electron chi connectivity index (χ1n) is 8.47. The van der Waals surface area contributed by atoms with E-state index in [9.17, 15) is 9.59 Å². The highest BCUT2D eigenvalue weighted by Gasteiger charge is 2.30. The van der Waals surface area contributed by atoms with Crippen molar-refractivity contribution in [3.8, 4) is 0 Å². The Labute approximate surface area is 148 Å². The Morgan fingerprint density at radius 2 is 2.12 bits per heavy atom. The standard InChI is InChI=1S/C18H25ClN2O3/c1-4-24-18(23)14-6-5-7-21(10-14)11-16(22)20-17-13(3)8-12(2)9-15(17)19/h8-9,14H,4-7,10-11H2,1-3H3,(H,20,22)/p+1/t14-/m1/s1. The van der Waals surface area contributed by atoms with Crippen molar-refractivity contribution in [3.63, 3.8) is 0 Å². The van der Waals surface area contributed by atoms with Crippen molar-refractivity contribution in [2.75, 3.05) is 31.6 Å². The van der Waals surface area contributed by atoms with Gasteiger partial charge in [-0.2, -0.15) is 0 Å². The molecule has 2 N–H and O–H groups in total. The van der Waals surface area contributed by atoms with Gasteiger partial charge in [0.05, 0.1) is 30.4 Å². The van der Waals surface area contributed by atoms with Gasteiger partial charge in [-0.25, -0.2) is 0 Å². The molecule has 2 rings (SSSR count). The first-order chi connectivity index (χ1) is 11.4. The van der Waals surface area contributed by atoms with Crippen molar-refractivity contribution in [2.24, 2.45) is 5.92 Å². The molecule has 1 unspecified atom stereocenters. The fourth-order valence-corrected chi connectivity index (χ4v) is 3.63. The second-order valence-corrected chi connectivity index (χ2v) is 6.87. The van der Waals surface area contributed by atoms with E-state index >= 15 is 0 Å². The molecule has 1 fully saturated rings. The van der Waals surface area contributed by atoms with E-state index in [0.29, 0.717) is 30.4 Å². The van der Waals surface area contributed by atoms with Gasteiger partial charge in [0.2, 0.25) is 0 Å². The number of rotatable bonds is 5. The van der Waals surface area contributed by atoms with E-state index in [2.05, 4.69) is 5.32 Å². The molecule has 0 bridgehead atoms. The number of piperidine rings is 1. The molecule has 1 aliphatic heterocycles. The van der Waals surface area contributed by atoms with E-state index in [0.717, 1.165) is 35.4 Å². The van der Waals surface area contributed by atoms with Crippen LogP contribution in [0.1, 0.15) is 30.9 Å². The number of quaternary nitrogens is 1. The van der Waals surface area contributed by atoms with Crippen molar-refractivity contribution >= 4 is 29.2 Å². The highest BCUT2D eigenvalue weighted by molar-refractivity contribution is 6.34. The highest BCUT2D eigenvalue weighted by atomic mass is 35.5. The summed E-state index contributed by atoms with van der Waals surface area (Å²) >= 11 is 6.24. The summed E-state index contributed by atoms with van der Waals surface area (Å²) in [4.78, 5) is 25.4. The number of hydrogen-bond acceptors (Lipinski definition) is 3. The topological polar surface area (TPSA) is 59.8 Å². The lowest BCUT2D eigenvalue weighted by Gasteiger charge is -2.28. The number of esters is 1. The van der Waals surface area contributed by atoms with Crippen LogP contribution in [0.3, 0.4) is 0 Å². The van der Waals surface area contributed by atoms with E-state index in [1.165, 1.54) is 0 Å². The van der Waals surface area contributed by atoms with Crippen molar-refractivity contribution in [2.45, 2.75) is 33.6 Å². The molecule has 5 nitrogen and oxygen atoms in total. The molecule has 1 aliphatic rings. The number of anilines is 1. The summed E-state index contributed by atoms with van der Waals surface area (Å²) in [5, 5.41) is 3.47. The van der Waals surface area contributed by atoms with Crippen molar-refractivity contribution in [1.29, 1.82) is 0 Å². The number of aryl methyl sites for hydroxylation is 2. The van der Waals surface area contributed by atoms with Crippen molar-refractivity contribution in [1.82, 2.24) is 0 Å². The lowest BCUT2D eigenvalue weighted by molar-refractivity contribution is -0.899. The van der Waals surface area contributed by atoms with Gasteiger partial charge in [0.15, 0.2) is 6.54 Å². The number of nitrogens with one attached hydrogen (secondary N) is 2. The summed E-state index contributed by atoms with van der Waals surface area (Å²) in [5.74, 6) is -0.331. The van der Waals surface area contributed by atoms with Crippen LogP contribution < -0.4 is 10.2 Å².